The normalized spacial score (nSPS) is 19.2. The molecule has 0 saturated heterocycles. The van der Waals surface area contributed by atoms with E-state index in [0.717, 1.165) is 37.8 Å². The zero-order valence-corrected chi connectivity index (χ0v) is 36.1. The van der Waals surface area contributed by atoms with Crippen LogP contribution in [0, 0.1) is 5.92 Å². The first-order chi connectivity index (χ1) is 31.1. The van der Waals surface area contributed by atoms with Gasteiger partial charge in [-0.2, -0.15) is 0 Å². The van der Waals surface area contributed by atoms with E-state index >= 15 is 0 Å². The summed E-state index contributed by atoms with van der Waals surface area (Å²) in [4.78, 5) is 4.85. The van der Waals surface area contributed by atoms with E-state index in [1.165, 1.54) is 73.0 Å². The van der Waals surface area contributed by atoms with Crippen LogP contribution in [-0.4, -0.2) is 0 Å². The molecule has 0 radical (unpaired) electrons. The molecule has 3 unspecified atom stereocenters. The smallest absolute Gasteiger partial charge is 0.0461 e. The third-order valence-corrected chi connectivity index (χ3v) is 13.0. The van der Waals surface area contributed by atoms with Crippen molar-refractivity contribution in [3.8, 4) is 22.3 Å². The Kier molecular flexibility index (Phi) is 11.7. The molecule has 0 saturated carbocycles. The summed E-state index contributed by atoms with van der Waals surface area (Å²) < 4.78 is 0. The van der Waals surface area contributed by atoms with E-state index < -0.39 is 0 Å². The number of nitrogens with zero attached hydrogens (tertiary/aromatic N) is 2. The number of allylic oxidation sites excluding steroid dienone is 13. The summed E-state index contributed by atoms with van der Waals surface area (Å²) in [7, 11) is 0. The van der Waals surface area contributed by atoms with Crippen molar-refractivity contribution in [3.05, 3.63) is 264 Å². The molecule has 308 valence electrons. The van der Waals surface area contributed by atoms with Crippen molar-refractivity contribution in [2.45, 2.75) is 50.9 Å². The molecule has 0 N–H and O–H groups in total. The number of anilines is 3. The van der Waals surface area contributed by atoms with Crippen LogP contribution in [0.4, 0.5) is 17.1 Å². The molecular formula is C61H54N2. The van der Waals surface area contributed by atoms with Gasteiger partial charge in [-0.3, -0.25) is 0 Å². The van der Waals surface area contributed by atoms with Gasteiger partial charge in [0.15, 0.2) is 0 Å². The maximum Gasteiger partial charge on any atom is 0.0461 e. The Morgan fingerprint density at radius 1 is 0.444 bits per heavy atom. The number of rotatable bonds is 11. The fourth-order valence-corrected chi connectivity index (χ4v) is 9.55. The maximum absolute atomic E-state index is 2.46. The Labute approximate surface area is 374 Å². The van der Waals surface area contributed by atoms with E-state index in [0.29, 0.717) is 17.8 Å². The van der Waals surface area contributed by atoms with E-state index in [9.17, 15) is 0 Å². The molecule has 4 aliphatic rings. The summed E-state index contributed by atoms with van der Waals surface area (Å²) in [5, 5.41) is 0. The number of benzene rings is 6. The SMILES string of the molecule is CC1C=C(N(C2=CCC(c3ccc(N(C4=CCCC=C4)c4ccc(-c5ccc(-c6ccccc6)cc5)cc4)cc3)C=C2)c2ccc(C3=CC=CCC3)cc2)C=CC1c1ccccc1. The van der Waals surface area contributed by atoms with Crippen molar-refractivity contribution in [1.82, 2.24) is 0 Å². The molecule has 0 spiro atoms. The van der Waals surface area contributed by atoms with Gasteiger partial charge in [-0.05, 0) is 137 Å². The average molecular weight is 815 g/mol. The molecule has 0 aromatic heterocycles. The first-order valence-corrected chi connectivity index (χ1v) is 22.8. The van der Waals surface area contributed by atoms with Crippen molar-refractivity contribution < 1.29 is 0 Å². The average Bonchev–Trinajstić information content (AvgIpc) is 3.36. The van der Waals surface area contributed by atoms with E-state index in [-0.39, 0.29) is 0 Å². The maximum atomic E-state index is 2.46. The standard InChI is InChI=1S/C61H54N2/c1-45-44-60(42-43-61(45)54-18-10-4-11-19-54)63(58-38-26-50(27-39-58)47-16-8-3-9-17-47)59-40-32-53(33-41-59)52-30-36-57(37-31-52)62(55-20-12-5-13-21-55)56-34-28-51(29-35-56)49-24-22-48(23-25-49)46-14-6-2-7-15-46/h2-4,6-8,10-12,14-16,18-32,34-45,53,61H,5,9,13,17,33H2,1H3. The van der Waals surface area contributed by atoms with Crippen LogP contribution in [0.25, 0.3) is 27.8 Å². The predicted octanol–water partition coefficient (Wildman–Crippen LogP) is 16.4. The summed E-state index contributed by atoms with van der Waals surface area (Å²) in [6.45, 7) is 2.35. The van der Waals surface area contributed by atoms with Crippen LogP contribution in [0.2, 0.25) is 0 Å². The second-order valence-corrected chi connectivity index (χ2v) is 17.1. The summed E-state index contributed by atoms with van der Waals surface area (Å²) in [5.74, 6) is 1.02. The third kappa shape index (κ3) is 8.81. The van der Waals surface area contributed by atoms with Gasteiger partial charge in [-0.15, -0.1) is 0 Å². The topological polar surface area (TPSA) is 6.48 Å². The number of hydrogen-bond donors (Lipinski definition) is 0. The lowest BCUT2D eigenvalue weighted by atomic mass is 9.83. The van der Waals surface area contributed by atoms with Crippen LogP contribution in [0.1, 0.15) is 67.6 Å². The second kappa shape index (κ2) is 18.4. The second-order valence-electron chi connectivity index (χ2n) is 17.1. The zero-order valence-electron chi connectivity index (χ0n) is 36.1. The zero-order chi connectivity index (χ0) is 42.4. The minimum atomic E-state index is 0.297. The van der Waals surface area contributed by atoms with Crippen molar-refractivity contribution in [2.75, 3.05) is 9.80 Å². The number of hydrogen-bond acceptors (Lipinski definition) is 2. The Bertz CT molecular complexity index is 2780. The lowest BCUT2D eigenvalue weighted by Crippen LogP contribution is -2.24. The largest absolute Gasteiger partial charge is 0.311 e. The molecule has 6 aromatic carbocycles. The summed E-state index contributed by atoms with van der Waals surface area (Å²) in [5.41, 5.74) is 17.5. The van der Waals surface area contributed by atoms with Crippen LogP contribution in [0.5, 0.6) is 0 Å². The molecule has 0 heterocycles. The lowest BCUT2D eigenvalue weighted by Gasteiger charge is -2.33. The monoisotopic (exact) mass is 814 g/mol. The summed E-state index contributed by atoms with van der Waals surface area (Å²) in [6.07, 6.45) is 33.3. The first kappa shape index (κ1) is 39.9. The first-order valence-electron chi connectivity index (χ1n) is 22.8. The van der Waals surface area contributed by atoms with Gasteiger partial charge in [-0.25, -0.2) is 0 Å². The molecule has 63 heavy (non-hydrogen) atoms. The van der Waals surface area contributed by atoms with Gasteiger partial charge in [0.2, 0.25) is 0 Å². The third-order valence-electron chi connectivity index (χ3n) is 13.0. The molecule has 3 atom stereocenters. The minimum absolute atomic E-state index is 0.297. The van der Waals surface area contributed by atoms with Crippen LogP contribution in [0.15, 0.2) is 248 Å². The van der Waals surface area contributed by atoms with Crippen LogP contribution in [-0.2, 0) is 0 Å². The highest BCUT2D eigenvalue weighted by Crippen LogP contribution is 2.40. The Morgan fingerprint density at radius 3 is 1.60 bits per heavy atom. The van der Waals surface area contributed by atoms with Crippen molar-refractivity contribution in [3.63, 3.8) is 0 Å². The highest BCUT2D eigenvalue weighted by molar-refractivity contribution is 5.76. The van der Waals surface area contributed by atoms with Crippen LogP contribution in [0.3, 0.4) is 0 Å². The Morgan fingerprint density at radius 2 is 1.02 bits per heavy atom. The fraction of sp³-hybridized carbons (Fsp3) is 0.148. The van der Waals surface area contributed by atoms with Crippen LogP contribution < -0.4 is 9.80 Å². The van der Waals surface area contributed by atoms with Gasteiger partial charge < -0.3 is 9.80 Å². The molecule has 2 nitrogen and oxygen atoms in total. The minimum Gasteiger partial charge on any atom is -0.311 e. The van der Waals surface area contributed by atoms with Gasteiger partial charge in [0.25, 0.3) is 0 Å². The molecule has 0 bridgehead atoms. The van der Waals surface area contributed by atoms with E-state index in [2.05, 4.69) is 247 Å². The summed E-state index contributed by atoms with van der Waals surface area (Å²) >= 11 is 0. The van der Waals surface area contributed by atoms with Crippen LogP contribution >= 0.6 is 0 Å². The highest BCUT2D eigenvalue weighted by atomic mass is 15.2. The Balaban J connectivity index is 0.886. The van der Waals surface area contributed by atoms with E-state index in [1.807, 2.05) is 0 Å². The molecular weight excluding hydrogens is 761 g/mol. The van der Waals surface area contributed by atoms with Gasteiger partial charge in [0.05, 0.1) is 0 Å². The van der Waals surface area contributed by atoms with E-state index in [1.54, 1.807) is 0 Å². The van der Waals surface area contributed by atoms with Crippen molar-refractivity contribution in [2.24, 2.45) is 5.92 Å². The molecule has 0 amide bonds. The molecule has 6 aromatic rings. The van der Waals surface area contributed by atoms with E-state index in [4.69, 9.17) is 0 Å². The van der Waals surface area contributed by atoms with Crippen molar-refractivity contribution >= 4 is 22.6 Å². The quantitative estimate of drug-likeness (QED) is 0.129. The van der Waals surface area contributed by atoms with Gasteiger partial charge in [-0.1, -0.05) is 183 Å². The molecule has 10 rings (SSSR count). The molecule has 0 fully saturated rings. The predicted molar refractivity (Wildman–Crippen MR) is 268 cm³/mol. The summed E-state index contributed by atoms with van der Waals surface area (Å²) in [6, 6.07) is 57.9. The lowest BCUT2D eigenvalue weighted by molar-refractivity contribution is 0.627. The highest BCUT2D eigenvalue weighted by Gasteiger charge is 2.25. The van der Waals surface area contributed by atoms with Gasteiger partial charge in [0, 0.05) is 46.0 Å². The molecule has 0 aliphatic heterocycles. The Hall–Kier alpha value is -7.16. The molecule has 4 aliphatic carbocycles. The van der Waals surface area contributed by atoms with Gasteiger partial charge >= 0.3 is 0 Å². The molecule has 2 heteroatoms. The van der Waals surface area contributed by atoms with Crippen molar-refractivity contribution in [1.29, 1.82) is 0 Å². The fourth-order valence-electron chi connectivity index (χ4n) is 9.55. The van der Waals surface area contributed by atoms with Gasteiger partial charge in [0.1, 0.15) is 0 Å².